The Morgan fingerprint density at radius 3 is 2.71 bits per heavy atom. The third-order valence-corrected chi connectivity index (χ3v) is 2.10. The van der Waals surface area contributed by atoms with Gasteiger partial charge in [-0.15, -0.1) is 0 Å². The van der Waals surface area contributed by atoms with Gasteiger partial charge in [0.25, 0.3) is 0 Å². The highest BCUT2D eigenvalue weighted by atomic mass is 16.5. The Hall–Kier alpha value is -1.30. The fraction of sp³-hybridized carbons (Fsp3) is 0.750. The third-order valence-electron chi connectivity index (χ3n) is 2.10. The van der Waals surface area contributed by atoms with Crippen LogP contribution in [-0.2, 0) is 9.53 Å². The van der Waals surface area contributed by atoms with Crippen LogP contribution in [-0.4, -0.2) is 55.4 Å². The van der Waals surface area contributed by atoms with Crippen molar-refractivity contribution in [1.29, 1.82) is 0 Å². The molecule has 0 atom stereocenters. The molecule has 1 fully saturated rings. The summed E-state index contributed by atoms with van der Waals surface area (Å²) in [6, 6.07) is 0. The lowest BCUT2D eigenvalue weighted by Gasteiger charge is -2.37. The molecule has 0 bridgehead atoms. The molecule has 14 heavy (non-hydrogen) atoms. The molecule has 1 aliphatic rings. The number of carbonyl (C=O) groups excluding carboxylic acids is 1. The van der Waals surface area contributed by atoms with E-state index in [1.54, 1.807) is 4.90 Å². The zero-order valence-corrected chi connectivity index (χ0v) is 8.02. The van der Waals surface area contributed by atoms with Crippen LogP contribution in [0, 0.1) is 5.92 Å². The maximum absolute atomic E-state index is 10.9. The van der Waals surface area contributed by atoms with Gasteiger partial charge in [-0.25, -0.2) is 4.79 Å². The van der Waals surface area contributed by atoms with E-state index in [9.17, 15) is 9.59 Å². The number of hydrogen-bond donors (Lipinski definition) is 2. The second-order valence-electron chi connectivity index (χ2n) is 3.27. The van der Waals surface area contributed by atoms with Gasteiger partial charge in [-0.1, -0.05) is 0 Å². The molecule has 0 aliphatic carbocycles. The number of aliphatic carboxylic acids is 1. The van der Waals surface area contributed by atoms with Crippen LogP contribution in [0.3, 0.4) is 0 Å². The Morgan fingerprint density at radius 1 is 1.57 bits per heavy atom. The average Bonchev–Trinajstić information content (AvgIpc) is 2.07. The van der Waals surface area contributed by atoms with E-state index in [-0.39, 0.29) is 12.6 Å². The second-order valence-corrected chi connectivity index (χ2v) is 3.27. The molecule has 0 aromatic rings. The van der Waals surface area contributed by atoms with E-state index < -0.39 is 5.97 Å². The van der Waals surface area contributed by atoms with Crippen LogP contribution >= 0.6 is 0 Å². The van der Waals surface area contributed by atoms with Crippen LogP contribution in [0.2, 0.25) is 0 Å². The predicted molar refractivity (Wildman–Crippen MR) is 48.0 cm³/mol. The first-order chi connectivity index (χ1) is 6.63. The smallest absolute Gasteiger partial charge is 0.409 e. The summed E-state index contributed by atoms with van der Waals surface area (Å²) in [5, 5.41) is 11.1. The zero-order chi connectivity index (χ0) is 10.6. The van der Waals surface area contributed by atoms with Gasteiger partial charge >= 0.3 is 12.1 Å². The fourth-order valence-corrected chi connectivity index (χ4v) is 1.36. The number of carboxylic acid groups (broad SMARTS) is 1. The molecule has 80 valence electrons. The lowest BCUT2D eigenvalue weighted by Crippen LogP contribution is -2.53. The predicted octanol–water partition coefficient (Wildman–Crippen LogP) is -0.641. The van der Waals surface area contributed by atoms with Crippen molar-refractivity contribution < 1.29 is 19.4 Å². The van der Waals surface area contributed by atoms with E-state index in [1.807, 2.05) is 0 Å². The monoisotopic (exact) mass is 202 g/mol. The zero-order valence-electron chi connectivity index (χ0n) is 8.02. The van der Waals surface area contributed by atoms with Crippen LogP contribution < -0.4 is 5.32 Å². The minimum Gasteiger partial charge on any atom is -0.480 e. The van der Waals surface area contributed by atoms with Crippen molar-refractivity contribution >= 4 is 12.1 Å². The van der Waals surface area contributed by atoms with Gasteiger partial charge in [0.1, 0.15) is 0 Å². The number of hydrogen-bond acceptors (Lipinski definition) is 4. The van der Waals surface area contributed by atoms with Crippen molar-refractivity contribution in [3.8, 4) is 0 Å². The molecule has 6 nitrogen and oxygen atoms in total. The van der Waals surface area contributed by atoms with Gasteiger partial charge in [0.15, 0.2) is 0 Å². The van der Waals surface area contributed by atoms with Gasteiger partial charge in [-0.3, -0.25) is 4.79 Å². The first-order valence-corrected chi connectivity index (χ1v) is 4.39. The summed E-state index contributed by atoms with van der Waals surface area (Å²) in [7, 11) is 1.35. The molecule has 1 saturated heterocycles. The maximum Gasteiger partial charge on any atom is 0.409 e. The fourth-order valence-electron chi connectivity index (χ4n) is 1.36. The quantitative estimate of drug-likeness (QED) is 0.634. The van der Waals surface area contributed by atoms with Crippen LogP contribution in [0.5, 0.6) is 0 Å². The first kappa shape index (κ1) is 10.8. The third kappa shape index (κ3) is 2.88. The molecule has 1 rings (SSSR count). The molecule has 0 spiro atoms. The van der Waals surface area contributed by atoms with E-state index in [0.717, 1.165) is 0 Å². The Bertz CT molecular complexity index is 225. The lowest BCUT2D eigenvalue weighted by atomic mass is 10.0. The number of rotatable bonds is 4. The minimum atomic E-state index is -0.867. The van der Waals surface area contributed by atoms with Gasteiger partial charge in [-0.05, 0) is 0 Å². The normalized spacial score (nSPS) is 16.2. The number of ether oxygens (including phenoxy) is 1. The van der Waals surface area contributed by atoms with Crippen LogP contribution in [0.4, 0.5) is 4.79 Å². The highest BCUT2D eigenvalue weighted by Gasteiger charge is 2.30. The largest absolute Gasteiger partial charge is 0.480 e. The van der Waals surface area contributed by atoms with Gasteiger partial charge in [0.2, 0.25) is 0 Å². The first-order valence-electron chi connectivity index (χ1n) is 4.39. The summed E-state index contributed by atoms with van der Waals surface area (Å²) < 4.78 is 4.52. The summed E-state index contributed by atoms with van der Waals surface area (Å²) in [6.07, 6.45) is -0.320. The number of carboxylic acids is 1. The number of nitrogens with one attached hydrogen (secondary N) is 1. The number of likely N-dealkylation sites (tertiary alicyclic amines) is 1. The summed E-state index contributed by atoms with van der Waals surface area (Å²) in [4.78, 5) is 22.6. The van der Waals surface area contributed by atoms with Crippen molar-refractivity contribution in [2.75, 3.05) is 33.3 Å². The molecule has 6 heteroatoms. The molecule has 1 aliphatic heterocycles. The molecule has 1 amide bonds. The number of methoxy groups -OCH3 is 1. The Kier molecular flexibility index (Phi) is 3.70. The molecule has 0 saturated carbocycles. The highest BCUT2D eigenvalue weighted by molar-refractivity contribution is 5.69. The Labute approximate surface area is 81.8 Å². The molecule has 2 N–H and O–H groups in total. The van der Waals surface area contributed by atoms with Crippen molar-refractivity contribution in [1.82, 2.24) is 10.2 Å². The molecule has 0 unspecified atom stereocenters. The summed E-state index contributed by atoms with van der Waals surface area (Å²) >= 11 is 0. The number of amides is 1. The lowest BCUT2D eigenvalue weighted by molar-refractivity contribution is -0.136. The summed E-state index contributed by atoms with van der Waals surface area (Å²) in [6.45, 7) is 1.87. The molecular weight excluding hydrogens is 188 g/mol. The van der Waals surface area contributed by atoms with Crippen LogP contribution in [0.15, 0.2) is 0 Å². The molecular formula is C8H14N2O4. The van der Waals surface area contributed by atoms with E-state index in [2.05, 4.69) is 10.1 Å². The Balaban J connectivity index is 2.04. The van der Waals surface area contributed by atoms with Crippen molar-refractivity contribution in [2.24, 2.45) is 5.92 Å². The van der Waals surface area contributed by atoms with Gasteiger partial charge < -0.3 is 20.1 Å². The van der Waals surface area contributed by atoms with Gasteiger partial charge in [-0.2, -0.15) is 0 Å². The standard InChI is InChI=1S/C8H14N2O4/c1-14-8(13)10-4-6(5-10)2-9-3-7(11)12/h6,9H,2-5H2,1H3,(H,11,12). The van der Waals surface area contributed by atoms with E-state index in [4.69, 9.17) is 5.11 Å². The molecule has 1 heterocycles. The summed E-state index contributed by atoms with van der Waals surface area (Å²) in [5.74, 6) is -0.525. The number of nitrogens with zero attached hydrogens (tertiary/aromatic N) is 1. The molecule has 0 aromatic carbocycles. The highest BCUT2D eigenvalue weighted by Crippen LogP contribution is 2.14. The molecule has 0 radical (unpaired) electrons. The maximum atomic E-state index is 10.9. The molecule has 0 aromatic heterocycles. The summed E-state index contributed by atoms with van der Waals surface area (Å²) in [5.41, 5.74) is 0. The topological polar surface area (TPSA) is 78.9 Å². The van der Waals surface area contributed by atoms with Crippen molar-refractivity contribution in [3.05, 3.63) is 0 Å². The van der Waals surface area contributed by atoms with Crippen molar-refractivity contribution in [3.63, 3.8) is 0 Å². The minimum absolute atomic E-state index is 0.0330. The number of carbonyl (C=O) groups is 2. The van der Waals surface area contributed by atoms with E-state index in [1.165, 1.54) is 7.11 Å². The SMILES string of the molecule is COC(=O)N1CC(CNCC(=O)O)C1. The Morgan fingerprint density at radius 2 is 2.21 bits per heavy atom. The van der Waals surface area contributed by atoms with Crippen molar-refractivity contribution in [2.45, 2.75) is 0 Å². The van der Waals surface area contributed by atoms with Crippen LogP contribution in [0.25, 0.3) is 0 Å². The van der Waals surface area contributed by atoms with E-state index in [0.29, 0.717) is 25.6 Å². The van der Waals surface area contributed by atoms with E-state index >= 15 is 0 Å². The van der Waals surface area contributed by atoms with Gasteiger partial charge in [0.05, 0.1) is 13.7 Å². The van der Waals surface area contributed by atoms with Gasteiger partial charge in [0, 0.05) is 25.6 Å². The second kappa shape index (κ2) is 4.80. The average molecular weight is 202 g/mol. The van der Waals surface area contributed by atoms with Crippen LogP contribution in [0.1, 0.15) is 0 Å².